The third-order valence-corrected chi connectivity index (χ3v) is 5.66. The van der Waals surface area contributed by atoms with Crippen LogP contribution < -0.4 is 15.4 Å². The van der Waals surface area contributed by atoms with E-state index in [2.05, 4.69) is 53.1 Å². The molecule has 1 aliphatic heterocycles. The third-order valence-electron chi connectivity index (χ3n) is 5.66. The molecule has 1 saturated carbocycles. The van der Waals surface area contributed by atoms with E-state index in [1.807, 2.05) is 12.1 Å². The normalized spacial score (nSPS) is 28.7. The monoisotopic (exact) mass is 322 g/mol. The number of hydrogen-bond donors (Lipinski definition) is 2. The first-order valence-corrected chi connectivity index (χ1v) is 9.03. The van der Waals surface area contributed by atoms with Crippen molar-refractivity contribution in [1.29, 1.82) is 0 Å². The largest absolute Gasteiger partial charge is 0.496 e. The van der Waals surface area contributed by atoms with Gasteiger partial charge in [0.2, 0.25) is 0 Å². The van der Waals surface area contributed by atoms with Crippen LogP contribution in [-0.4, -0.2) is 19.2 Å². The lowest BCUT2D eigenvalue weighted by molar-refractivity contribution is 0.365. The minimum absolute atomic E-state index is 0.399. The van der Waals surface area contributed by atoms with Gasteiger partial charge < -0.3 is 15.4 Å². The molecule has 2 aromatic carbocycles. The maximum absolute atomic E-state index is 5.50. The summed E-state index contributed by atoms with van der Waals surface area (Å²) in [5.41, 5.74) is 2.62. The van der Waals surface area contributed by atoms with Crippen LogP contribution in [0.5, 0.6) is 5.75 Å². The highest BCUT2D eigenvalue weighted by Crippen LogP contribution is 2.41. The van der Waals surface area contributed by atoms with Gasteiger partial charge in [-0.15, -0.1) is 0 Å². The highest BCUT2D eigenvalue weighted by Gasteiger charge is 2.45. The molecular weight excluding hydrogens is 296 g/mol. The van der Waals surface area contributed by atoms with Gasteiger partial charge in [0, 0.05) is 30.2 Å². The van der Waals surface area contributed by atoms with Gasteiger partial charge in [-0.1, -0.05) is 55.0 Å². The lowest BCUT2D eigenvalue weighted by atomic mass is 9.91. The summed E-state index contributed by atoms with van der Waals surface area (Å²) in [5, 5.41) is 7.74. The van der Waals surface area contributed by atoms with Crippen molar-refractivity contribution in [3.8, 4) is 5.75 Å². The van der Waals surface area contributed by atoms with Crippen LogP contribution in [0.3, 0.4) is 0 Å². The van der Waals surface area contributed by atoms with Crippen LogP contribution in [0.15, 0.2) is 54.6 Å². The fourth-order valence-electron chi connectivity index (χ4n) is 4.52. The van der Waals surface area contributed by atoms with E-state index in [0.29, 0.717) is 18.1 Å². The number of rotatable bonds is 5. The maximum Gasteiger partial charge on any atom is 0.123 e. The first-order chi connectivity index (χ1) is 11.9. The van der Waals surface area contributed by atoms with E-state index < -0.39 is 0 Å². The molecule has 1 heterocycles. The zero-order valence-corrected chi connectivity index (χ0v) is 14.2. The van der Waals surface area contributed by atoms with Crippen LogP contribution in [0.4, 0.5) is 0 Å². The molecule has 3 heteroatoms. The molecule has 4 atom stereocenters. The summed E-state index contributed by atoms with van der Waals surface area (Å²) in [5.74, 6) is 1.69. The Hall–Kier alpha value is -1.84. The van der Waals surface area contributed by atoms with Crippen LogP contribution in [0, 0.1) is 5.92 Å². The fraction of sp³-hybridized carbons (Fsp3) is 0.429. The molecule has 0 aromatic heterocycles. The van der Waals surface area contributed by atoms with Gasteiger partial charge in [0.15, 0.2) is 0 Å². The highest BCUT2D eigenvalue weighted by molar-refractivity contribution is 5.33. The molecule has 0 bridgehead atoms. The van der Waals surface area contributed by atoms with Crippen molar-refractivity contribution in [1.82, 2.24) is 10.6 Å². The molecule has 1 aliphatic carbocycles. The van der Waals surface area contributed by atoms with Gasteiger partial charge in [0.1, 0.15) is 5.75 Å². The van der Waals surface area contributed by atoms with E-state index in [9.17, 15) is 0 Å². The fourth-order valence-corrected chi connectivity index (χ4v) is 4.52. The van der Waals surface area contributed by atoms with Crippen LogP contribution in [0.25, 0.3) is 0 Å². The van der Waals surface area contributed by atoms with E-state index in [1.54, 1.807) is 7.11 Å². The molecule has 126 valence electrons. The zero-order valence-electron chi connectivity index (χ0n) is 14.2. The molecule has 1 unspecified atom stereocenters. The average Bonchev–Trinajstić information content (AvgIpc) is 3.22. The first-order valence-electron chi connectivity index (χ1n) is 9.03. The van der Waals surface area contributed by atoms with Crippen LogP contribution >= 0.6 is 0 Å². The lowest BCUT2D eigenvalue weighted by Crippen LogP contribution is -2.37. The smallest absolute Gasteiger partial charge is 0.123 e. The molecule has 3 nitrogen and oxygen atoms in total. The number of methoxy groups -OCH3 is 1. The molecular formula is C21H26N2O. The molecule has 2 fully saturated rings. The molecule has 24 heavy (non-hydrogen) atoms. The Labute approximate surface area is 144 Å². The Morgan fingerprint density at radius 3 is 2.67 bits per heavy atom. The summed E-state index contributed by atoms with van der Waals surface area (Å²) in [6.07, 6.45) is 3.97. The van der Waals surface area contributed by atoms with Crippen LogP contribution in [-0.2, 0) is 6.54 Å². The van der Waals surface area contributed by atoms with E-state index in [-0.39, 0.29) is 0 Å². The predicted octanol–water partition coefficient (Wildman–Crippen LogP) is 3.67. The van der Waals surface area contributed by atoms with Crippen molar-refractivity contribution >= 4 is 0 Å². The van der Waals surface area contributed by atoms with Crippen molar-refractivity contribution in [2.75, 3.05) is 7.11 Å². The van der Waals surface area contributed by atoms with Crippen LogP contribution in [0.1, 0.15) is 36.4 Å². The minimum Gasteiger partial charge on any atom is -0.496 e. The lowest BCUT2D eigenvalue weighted by Gasteiger charge is -2.25. The summed E-state index contributed by atoms with van der Waals surface area (Å²) in [6, 6.07) is 20.7. The topological polar surface area (TPSA) is 33.3 Å². The Morgan fingerprint density at radius 1 is 1.04 bits per heavy atom. The Bertz CT molecular complexity index is 673. The highest BCUT2D eigenvalue weighted by atomic mass is 16.5. The Morgan fingerprint density at radius 2 is 1.83 bits per heavy atom. The number of nitrogens with one attached hydrogen (secondary N) is 2. The van der Waals surface area contributed by atoms with E-state index in [1.165, 1.54) is 30.4 Å². The van der Waals surface area contributed by atoms with Gasteiger partial charge >= 0.3 is 0 Å². The molecule has 1 saturated heterocycles. The molecule has 2 aliphatic rings. The van der Waals surface area contributed by atoms with E-state index in [4.69, 9.17) is 4.74 Å². The van der Waals surface area contributed by atoms with Gasteiger partial charge in [-0.05, 0) is 30.4 Å². The first kappa shape index (κ1) is 15.7. The van der Waals surface area contributed by atoms with Crippen molar-refractivity contribution in [2.45, 2.75) is 43.9 Å². The molecule has 2 N–H and O–H groups in total. The van der Waals surface area contributed by atoms with Gasteiger partial charge in [0.05, 0.1) is 7.11 Å². The number of benzene rings is 2. The number of hydrogen-bond acceptors (Lipinski definition) is 3. The van der Waals surface area contributed by atoms with E-state index >= 15 is 0 Å². The second kappa shape index (κ2) is 6.96. The minimum atomic E-state index is 0.399. The summed E-state index contributed by atoms with van der Waals surface area (Å²) >= 11 is 0. The maximum atomic E-state index is 5.50. The van der Waals surface area contributed by atoms with Crippen LogP contribution in [0.2, 0.25) is 0 Å². The number of ether oxygens (including phenoxy) is 1. The quantitative estimate of drug-likeness (QED) is 0.881. The summed E-state index contributed by atoms with van der Waals surface area (Å²) in [6.45, 7) is 0.850. The van der Waals surface area contributed by atoms with Gasteiger partial charge in [-0.25, -0.2) is 0 Å². The summed E-state index contributed by atoms with van der Waals surface area (Å²) in [4.78, 5) is 0. The molecule has 0 amide bonds. The predicted molar refractivity (Wildman–Crippen MR) is 97.1 cm³/mol. The number of fused-ring (bicyclic) bond motifs is 1. The van der Waals surface area contributed by atoms with Gasteiger partial charge in [0.25, 0.3) is 0 Å². The van der Waals surface area contributed by atoms with Crippen molar-refractivity contribution in [2.24, 2.45) is 5.92 Å². The van der Waals surface area contributed by atoms with Crippen molar-refractivity contribution in [3.05, 3.63) is 65.7 Å². The molecule has 2 aromatic rings. The van der Waals surface area contributed by atoms with Gasteiger partial charge in [-0.3, -0.25) is 0 Å². The van der Waals surface area contributed by atoms with Crippen molar-refractivity contribution < 1.29 is 4.74 Å². The van der Waals surface area contributed by atoms with Gasteiger partial charge in [-0.2, -0.15) is 0 Å². The third kappa shape index (κ3) is 2.94. The molecule has 0 radical (unpaired) electrons. The summed E-state index contributed by atoms with van der Waals surface area (Å²) < 4.78 is 5.50. The van der Waals surface area contributed by atoms with Crippen molar-refractivity contribution in [3.63, 3.8) is 0 Å². The van der Waals surface area contributed by atoms with E-state index in [0.717, 1.165) is 18.2 Å². The Balaban J connectivity index is 1.54. The molecule has 0 spiro atoms. The summed E-state index contributed by atoms with van der Waals surface area (Å²) in [7, 11) is 1.75. The molecule has 4 rings (SSSR count). The second-order valence-electron chi connectivity index (χ2n) is 6.97. The Kier molecular flexibility index (Phi) is 4.54. The number of para-hydroxylation sites is 1. The average molecular weight is 322 g/mol. The SMILES string of the molecule is COc1ccccc1CNC1[C@@H](c2ccccc2)N[C@@H]2CCC[C@H]12. The zero-order chi connectivity index (χ0) is 16.4. The standard InChI is InChI=1S/C21H26N2O/c1-24-19-13-6-5-10-16(19)14-22-21-17-11-7-12-18(17)23-20(21)15-8-3-2-4-9-15/h2-6,8-10,13,17-18,20-23H,7,11-12,14H2,1H3/t17-,18+,20+,21?/m0/s1. The second-order valence-corrected chi connectivity index (χ2v) is 6.97.